The summed E-state index contributed by atoms with van der Waals surface area (Å²) in [6, 6.07) is 15.7. The van der Waals surface area contributed by atoms with Crippen LogP contribution in [0.2, 0.25) is 0 Å². The molecule has 2 aromatic carbocycles. The molecule has 0 bridgehead atoms. The Hall–Kier alpha value is -3.49. The minimum atomic E-state index is -0.725. The van der Waals surface area contributed by atoms with Crippen LogP contribution in [0, 0.1) is 0 Å². The van der Waals surface area contributed by atoms with Crippen molar-refractivity contribution >= 4 is 22.5 Å². The van der Waals surface area contributed by atoms with Gasteiger partial charge in [0.15, 0.2) is 5.69 Å². The summed E-state index contributed by atoms with van der Waals surface area (Å²) in [7, 11) is 0. The van der Waals surface area contributed by atoms with Gasteiger partial charge in [-0.2, -0.15) is 10.2 Å². The first-order chi connectivity index (χ1) is 14.9. The van der Waals surface area contributed by atoms with Crippen molar-refractivity contribution in [1.82, 2.24) is 25.3 Å². The Morgan fingerprint density at radius 3 is 2.65 bits per heavy atom. The maximum atomic E-state index is 12.6. The minimum absolute atomic E-state index is 0.278. The van der Waals surface area contributed by atoms with Gasteiger partial charge in [0, 0.05) is 24.7 Å². The molecule has 2 heterocycles. The van der Waals surface area contributed by atoms with E-state index in [4.69, 9.17) is 0 Å². The highest BCUT2D eigenvalue weighted by molar-refractivity contribution is 6.10. The molecule has 4 rings (SSSR count). The van der Waals surface area contributed by atoms with Gasteiger partial charge in [0.05, 0.1) is 29.5 Å². The smallest absolute Gasteiger partial charge is 0.276 e. The van der Waals surface area contributed by atoms with Crippen molar-refractivity contribution in [1.29, 1.82) is 0 Å². The number of nitrogens with one attached hydrogen (secondary N) is 3. The fourth-order valence-corrected chi connectivity index (χ4v) is 3.30. The van der Waals surface area contributed by atoms with E-state index in [9.17, 15) is 9.90 Å². The van der Waals surface area contributed by atoms with Crippen molar-refractivity contribution in [2.24, 2.45) is 0 Å². The molecule has 1 amide bonds. The quantitative estimate of drug-likeness (QED) is 0.352. The summed E-state index contributed by atoms with van der Waals surface area (Å²) in [5, 5.41) is 28.0. The van der Waals surface area contributed by atoms with Gasteiger partial charge in [-0.1, -0.05) is 42.5 Å². The summed E-state index contributed by atoms with van der Waals surface area (Å²) in [6.07, 6.45) is 3.42. The number of hydrogen-bond acceptors (Lipinski definition) is 5. The van der Waals surface area contributed by atoms with Crippen LogP contribution in [0.25, 0.3) is 10.9 Å². The SMILES string of the molecule is CC(C)(O)CNCc1ccc(Cn2cc(NC(=O)c3n[nH]c4ccccc34)cn2)cc1. The number of anilines is 1. The molecule has 0 aliphatic carbocycles. The normalized spacial score (nSPS) is 11.7. The van der Waals surface area contributed by atoms with Gasteiger partial charge in [-0.3, -0.25) is 14.6 Å². The molecule has 8 heteroatoms. The molecule has 31 heavy (non-hydrogen) atoms. The zero-order chi connectivity index (χ0) is 21.8. The average Bonchev–Trinajstić information content (AvgIpc) is 3.35. The van der Waals surface area contributed by atoms with Crippen LogP contribution in [0.3, 0.4) is 0 Å². The molecule has 8 nitrogen and oxygen atoms in total. The number of benzene rings is 2. The molecule has 0 spiro atoms. The number of H-pyrrole nitrogens is 1. The number of nitrogens with zero attached hydrogens (tertiary/aromatic N) is 3. The van der Waals surface area contributed by atoms with E-state index in [0.717, 1.165) is 22.0 Å². The van der Waals surface area contributed by atoms with E-state index < -0.39 is 5.60 Å². The second-order valence-corrected chi connectivity index (χ2v) is 8.23. The van der Waals surface area contributed by atoms with Crippen molar-refractivity contribution in [2.45, 2.75) is 32.5 Å². The van der Waals surface area contributed by atoms with Crippen LogP contribution >= 0.6 is 0 Å². The van der Waals surface area contributed by atoms with Crippen LogP contribution in [0.1, 0.15) is 35.5 Å². The number of aromatic amines is 1. The van der Waals surface area contributed by atoms with E-state index in [0.29, 0.717) is 31.0 Å². The van der Waals surface area contributed by atoms with Crippen LogP contribution in [0.4, 0.5) is 5.69 Å². The number of rotatable bonds is 8. The first kappa shape index (κ1) is 20.8. The second kappa shape index (κ2) is 8.71. The monoisotopic (exact) mass is 418 g/mol. The van der Waals surface area contributed by atoms with E-state index in [-0.39, 0.29) is 5.91 Å². The third kappa shape index (κ3) is 5.36. The Morgan fingerprint density at radius 2 is 1.87 bits per heavy atom. The molecule has 0 saturated heterocycles. The molecule has 4 aromatic rings. The fraction of sp³-hybridized carbons (Fsp3) is 0.261. The van der Waals surface area contributed by atoms with Gasteiger partial charge < -0.3 is 15.7 Å². The largest absolute Gasteiger partial charge is 0.389 e. The lowest BCUT2D eigenvalue weighted by Crippen LogP contribution is -2.34. The Bertz CT molecular complexity index is 1170. The summed E-state index contributed by atoms with van der Waals surface area (Å²) in [5.41, 5.74) is 3.32. The maximum absolute atomic E-state index is 12.6. The van der Waals surface area contributed by atoms with Crippen molar-refractivity contribution < 1.29 is 9.90 Å². The topological polar surface area (TPSA) is 108 Å². The number of amides is 1. The van der Waals surface area contributed by atoms with Gasteiger partial charge in [0.1, 0.15) is 0 Å². The molecule has 0 fully saturated rings. The molecular weight excluding hydrogens is 392 g/mol. The molecule has 4 N–H and O–H groups in total. The Balaban J connectivity index is 1.34. The fourth-order valence-electron chi connectivity index (χ4n) is 3.30. The molecule has 160 valence electrons. The lowest BCUT2D eigenvalue weighted by atomic mass is 10.1. The summed E-state index contributed by atoms with van der Waals surface area (Å²) >= 11 is 0. The minimum Gasteiger partial charge on any atom is -0.389 e. The highest BCUT2D eigenvalue weighted by Crippen LogP contribution is 2.17. The Labute approximate surface area is 180 Å². The molecule has 0 aliphatic heterocycles. The van der Waals surface area contributed by atoms with E-state index in [1.54, 1.807) is 30.9 Å². The first-order valence-electron chi connectivity index (χ1n) is 10.2. The lowest BCUT2D eigenvalue weighted by Gasteiger charge is -2.17. The number of para-hydroxylation sites is 1. The van der Waals surface area contributed by atoms with E-state index in [1.807, 2.05) is 24.3 Å². The summed E-state index contributed by atoms with van der Waals surface area (Å²) in [4.78, 5) is 12.6. The second-order valence-electron chi connectivity index (χ2n) is 8.23. The third-order valence-electron chi connectivity index (χ3n) is 4.83. The summed E-state index contributed by atoms with van der Waals surface area (Å²) in [5.74, 6) is -0.278. The highest BCUT2D eigenvalue weighted by Gasteiger charge is 2.15. The predicted octanol–water partition coefficient (Wildman–Crippen LogP) is 2.92. The average molecular weight is 419 g/mol. The van der Waals surface area contributed by atoms with Crippen LogP contribution in [-0.4, -0.2) is 43.1 Å². The predicted molar refractivity (Wildman–Crippen MR) is 120 cm³/mol. The number of carbonyl (C=O) groups is 1. The van der Waals surface area contributed by atoms with Crippen LogP contribution in [-0.2, 0) is 13.1 Å². The zero-order valence-electron chi connectivity index (χ0n) is 17.6. The van der Waals surface area contributed by atoms with Crippen molar-refractivity contribution in [3.05, 3.63) is 77.7 Å². The number of carbonyl (C=O) groups excluding carboxylic acids is 1. The third-order valence-corrected chi connectivity index (χ3v) is 4.83. The standard InChI is InChI=1S/C23H26N6O2/c1-23(2,31)15-24-11-16-7-9-17(10-8-16)13-29-14-18(12-25-29)26-22(30)21-19-5-3-4-6-20(19)27-28-21/h3-10,12,14,24,31H,11,13,15H2,1-2H3,(H,26,30)(H,27,28). The van der Waals surface area contributed by atoms with E-state index in [2.05, 4.69) is 50.2 Å². The summed E-state index contributed by atoms with van der Waals surface area (Å²) in [6.45, 7) is 5.38. The summed E-state index contributed by atoms with van der Waals surface area (Å²) < 4.78 is 1.78. The molecule has 0 radical (unpaired) electrons. The van der Waals surface area contributed by atoms with Crippen LogP contribution in [0.5, 0.6) is 0 Å². The lowest BCUT2D eigenvalue weighted by molar-refractivity contribution is 0.0795. The van der Waals surface area contributed by atoms with Crippen molar-refractivity contribution in [3.63, 3.8) is 0 Å². The van der Waals surface area contributed by atoms with Gasteiger partial charge in [0.25, 0.3) is 5.91 Å². The van der Waals surface area contributed by atoms with Crippen LogP contribution in [0.15, 0.2) is 60.9 Å². The van der Waals surface area contributed by atoms with Gasteiger partial charge in [-0.25, -0.2) is 0 Å². The highest BCUT2D eigenvalue weighted by atomic mass is 16.3. The van der Waals surface area contributed by atoms with Gasteiger partial charge >= 0.3 is 0 Å². The van der Waals surface area contributed by atoms with E-state index in [1.165, 1.54) is 0 Å². The van der Waals surface area contributed by atoms with E-state index >= 15 is 0 Å². The van der Waals surface area contributed by atoms with Gasteiger partial charge in [-0.05, 0) is 31.0 Å². The maximum Gasteiger partial charge on any atom is 0.276 e. The zero-order valence-corrected chi connectivity index (χ0v) is 17.6. The number of hydrogen-bond donors (Lipinski definition) is 4. The molecule has 2 aromatic heterocycles. The van der Waals surface area contributed by atoms with Crippen molar-refractivity contribution in [3.8, 4) is 0 Å². The molecule has 0 saturated carbocycles. The van der Waals surface area contributed by atoms with Gasteiger partial charge in [-0.15, -0.1) is 0 Å². The van der Waals surface area contributed by atoms with Gasteiger partial charge in [0.2, 0.25) is 0 Å². The molecule has 0 unspecified atom stereocenters. The number of aliphatic hydroxyl groups is 1. The van der Waals surface area contributed by atoms with Crippen molar-refractivity contribution in [2.75, 3.05) is 11.9 Å². The number of aromatic nitrogens is 4. The molecule has 0 aliphatic rings. The molecule has 0 atom stereocenters. The molecular formula is C23H26N6O2. The van der Waals surface area contributed by atoms with Crippen LogP contribution < -0.4 is 10.6 Å². The first-order valence-corrected chi connectivity index (χ1v) is 10.2. The number of fused-ring (bicyclic) bond motifs is 1. The Kier molecular flexibility index (Phi) is 5.83. The Morgan fingerprint density at radius 1 is 1.13 bits per heavy atom.